The van der Waals surface area contributed by atoms with Gasteiger partial charge in [-0.2, -0.15) is 0 Å². The first-order valence-corrected chi connectivity index (χ1v) is 15.5. The lowest BCUT2D eigenvalue weighted by Crippen LogP contribution is -2.47. The van der Waals surface area contributed by atoms with Crippen molar-refractivity contribution in [1.29, 1.82) is 0 Å². The highest BCUT2D eigenvalue weighted by Gasteiger charge is 2.54. The third-order valence-electron chi connectivity index (χ3n) is 8.28. The van der Waals surface area contributed by atoms with E-state index in [0.717, 1.165) is 38.9 Å². The van der Waals surface area contributed by atoms with Gasteiger partial charge in [0.2, 0.25) is 8.32 Å². The zero-order valence-electron chi connectivity index (χ0n) is 23.4. The molecule has 192 valence electrons. The molecule has 4 rings (SSSR count). The Labute approximate surface area is 217 Å². The minimum atomic E-state index is -2.24. The fourth-order valence-corrected chi connectivity index (χ4v) is 5.26. The molecule has 0 unspecified atom stereocenters. The van der Waals surface area contributed by atoms with Gasteiger partial charge < -0.3 is 24.2 Å². The van der Waals surface area contributed by atoms with Gasteiger partial charge in [-0.25, -0.2) is 0 Å². The third-order valence-corrected chi connectivity index (χ3v) is 12.6. The zero-order chi connectivity index (χ0) is 26.7. The smallest absolute Gasteiger partial charge is 0.499 e. The van der Waals surface area contributed by atoms with E-state index in [2.05, 4.69) is 73.7 Å². The van der Waals surface area contributed by atoms with E-state index >= 15 is 0 Å². The SMILES string of the molecule is COc1ccc(-c2c(B3OC(C)(C)C(C)(C)O3)c(O[Si](C)(C)C(C)(C)C)c3ccccc3c2N)cc1. The summed E-state index contributed by atoms with van der Waals surface area (Å²) in [5.41, 5.74) is 9.31. The Kier molecular flexibility index (Phi) is 6.51. The van der Waals surface area contributed by atoms with Crippen molar-refractivity contribution in [1.82, 2.24) is 0 Å². The van der Waals surface area contributed by atoms with E-state index in [9.17, 15) is 0 Å². The van der Waals surface area contributed by atoms with Gasteiger partial charge in [-0.15, -0.1) is 0 Å². The van der Waals surface area contributed by atoms with Crippen molar-refractivity contribution >= 4 is 37.4 Å². The Bertz CT molecular complexity index is 1260. The predicted molar refractivity (Wildman–Crippen MR) is 154 cm³/mol. The molecule has 0 atom stereocenters. The summed E-state index contributed by atoms with van der Waals surface area (Å²) in [6, 6.07) is 16.2. The van der Waals surface area contributed by atoms with Crippen molar-refractivity contribution in [3.8, 4) is 22.6 Å². The number of ether oxygens (including phenoxy) is 1. The first-order chi connectivity index (χ1) is 16.6. The summed E-state index contributed by atoms with van der Waals surface area (Å²) in [6.45, 7) is 19.5. The standard InChI is InChI=1S/C29H40BNO4Si/c1-27(2,3)36(9,10)33-26-22-14-12-11-13-21(22)25(31)23(19-15-17-20(32-8)18-16-19)24(26)30-34-28(4,5)29(6,7)35-30/h11-18H,31H2,1-10H3. The number of methoxy groups -OCH3 is 1. The normalized spacial score (nSPS) is 17.4. The van der Waals surface area contributed by atoms with E-state index in [1.165, 1.54) is 0 Å². The number of anilines is 1. The maximum absolute atomic E-state index is 7.12. The molecule has 1 heterocycles. The first kappa shape index (κ1) is 26.6. The highest BCUT2D eigenvalue weighted by molar-refractivity contribution is 6.75. The molecule has 3 aromatic carbocycles. The molecule has 2 N–H and O–H groups in total. The van der Waals surface area contributed by atoms with E-state index in [4.69, 9.17) is 24.2 Å². The fraction of sp³-hybridized carbons (Fsp3) is 0.448. The van der Waals surface area contributed by atoms with Crippen LogP contribution in [0.15, 0.2) is 48.5 Å². The minimum Gasteiger partial charge on any atom is -0.543 e. The van der Waals surface area contributed by atoms with E-state index in [1.54, 1.807) is 7.11 Å². The average molecular weight is 506 g/mol. The maximum atomic E-state index is 7.12. The number of fused-ring (bicyclic) bond motifs is 1. The van der Waals surface area contributed by atoms with Crippen LogP contribution < -0.4 is 20.4 Å². The average Bonchev–Trinajstić information content (AvgIpc) is 3.01. The molecular formula is C29H40BNO4Si. The highest BCUT2D eigenvalue weighted by atomic mass is 28.4. The lowest BCUT2D eigenvalue weighted by atomic mass is 9.71. The van der Waals surface area contributed by atoms with Gasteiger partial charge in [0, 0.05) is 27.5 Å². The zero-order valence-corrected chi connectivity index (χ0v) is 24.4. The summed E-state index contributed by atoms with van der Waals surface area (Å²) >= 11 is 0. The molecule has 0 amide bonds. The molecule has 36 heavy (non-hydrogen) atoms. The van der Waals surface area contributed by atoms with Crippen molar-refractivity contribution in [2.24, 2.45) is 0 Å². The molecule has 0 spiro atoms. The van der Waals surface area contributed by atoms with Crippen LogP contribution in [0.3, 0.4) is 0 Å². The number of hydrogen-bond donors (Lipinski definition) is 1. The van der Waals surface area contributed by atoms with Gasteiger partial charge in [0.05, 0.1) is 18.3 Å². The molecule has 1 fully saturated rings. The van der Waals surface area contributed by atoms with Crippen LogP contribution >= 0.6 is 0 Å². The molecule has 1 aliphatic rings. The van der Waals surface area contributed by atoms with Crippen molar-refractivity contribution in [2.45, 2.75) is 77.8 Å². The predicted octanol–water partition coefficient (Wildman–Crippen LogP) is 6.78. The number of nitrogens with two attached hydrogens (primary N) is 1. The largest absolute Gasteiger partial charge is 0.543 e. The second-order valence-corrected chi connectivity index (χ2v) is 17.0. The van der Waals surface area contributed by atoms with Crippen LogP contribution in [0.25, 0.3) is 21.9 Å². The van der Waals surface area contributed by atoms with Crippen molar-refractivity contribution in [3.05, 3.63) is 48.5 Å². The Morgan fingerprint density at radius 1 is 0.861 bits per heavy atom. The topological polar surface area (TPSA) is 62.9 Å². The molecule has 3 aromatic rings. The summed E-state index contributed by atoms with van der Waals surface area (Å²) in [4.78, 5) is 0. The Morgan fingerprint density at radius 2 is 1.39 bits per heavy atom. The van der Waals surface area contributed by atoms with Crippen LogP contribution in [-0.2, 0) is 9.31 Å². The molecular weight excluding hydrogens is 465 g/mol. The summed E-state index contributed by atoms with van der Waals surface area (Å²) < 4.78 is 25.8. The second-order valence-electron chi connectivity index (χ2n) is 12.3. The second kappa shape index (κ2) is 8.82. The molecule has 1 saturated heterocycles. The molecule has 1 aliphatic heterocycles. The van der Waals surface area contributed by atoms with Gasteiger partial charge >= 0.3 is 7.12 Å². The van der Waals surface area contributed by atoms with Gasteiger partial charge in [0.15, 0.2) is 0 Å². The van der Waals surface area contributed by atoms with Gasteiger partial charge in [-0.1, -0.05) is 57.2 Å². The quantitative estimate of drug-likeness (QED) is 0.306. The molecule has 7 heteroatoms. The lowest BCUT2D eigenvalue weighted by molar-refractivity contribution is 0.00578. The number of hydrogen-bond acceptors (Lipinski definition) is 5. The number of rotatable bonds is 5. The van der Waals surface area contributed by atoms with Gasteiger partial charge in [-0.3, -0.25) is 0 Å². The maximum Gasteiger partial charge on any atom is 0.499 e. The molecule has 5 nitrogen and oxygen atoms in total. The first-order valence-electron chi connectivity index (χ1n) is 12.6. The molecule has 0 radical (unpaired) electrons. The van der Waals surface area contributed by atoms with Crippen LogP contribution in [-0.4, -0.2) is 33.7 Å². The number of benzene rings is 3. The van der Waals surface area contributed by atoms with Gasteiger partial charge in [0.25, 0.3) is 0 Å². The summed E-state index contributed by atoms with van der Waals surface area (Å²) in [7, 11) is -1.22. The Balaban J connectivity index is 2.09. The van der Waals surface area contributed by atoms with Crippen LogP contribution in [0, 0.1) is 0 Å². The molecule has 0 aliphatic carbocycles. The van der Waals surface area contributed by atoms with Crippen LogP contribution in [0.1, 0.15) is 48.5 Å². The highest BCUT2D eigenvalue weighted by Crippen LogP contribution is 2.45. The molecule has 0 aromatic heterocycles. The van der Waals surface area contributed by atoms with E-state index in [0.29, 0.717) is 5.69 Å². The van der Waals surface area contributed by atoms with Crippen LogP contribution in [0.2, 0.25) is 18.1 Å². The van der Waals surface area contributed by atoms with E-state index in [1.807, 2.05) is 36.4 Å². The van der Waals surface area contributed by atoms with Crippen molar-refractivity contribution < 1.29 is 18.5 Å². The summed E-state index contributed by atoms with van der Waals surface area (Å²) in [5.74, 6) is 1.59. The van der Waals surface area contributed by atoms with Crippen LogP contribution in [0.4, 0.5) is 5.69 Å². The Hall–Kier alpha value is -2.48. The Morgan fingerprint density at radius 3 is 1.89 bits per heavy atom. The minimum absolute atomic E-state index is 0.00294. The van der Waals surface area contributed by atoms with Gasteiger partial charge in [-0.05, 0) is 63.5 Å². The van der Waals surface area contributed by atoms with Crippen molar-refractivity contribution in [2.75, 3.05) is 12.8 Å². The lowest BCUT2D eigenvalue weighted by Gasteiger charge is -2.38. The fourth-order valence-electron chi connectivity index (χ4n) is 4.23. The van der Waals surface area contributed by atoms with E-state index in [-0.39, 0.29) is 5.04 Å². The van der Waals surface area contributed by atoms with Crippen molar-refractivity contribution in [3.63, 3.8) is 0 Å². The van der Waals surface area contributed by atoms with E-state index < -0.39 is 26.6 Å². The summed E-state index contributed by atoms with van der Waals surface area (Å²) in [5, 5.41) is 1.93. The molecule has 0 bridgehead atoms. The van der Waals surface area contributed by atoms with Gasteiger partial charge in [0.1, 0.15) is 11.5 Å². The monoisotopic (exact) mass is 505 g/mol. The summed E-state index contributed by atoms with van der Waals surface area (Å²) in [6.07, 6.45) is 0. The molecule has 0 saturated carbocycles. The number of nitrogen functional groups attached to an aromatic ring is 1. The third kappa shape index (κ3) is 4.42. The van der Waals surface area contributed by atoms with Crippen LogP contribution in [0.5, 0.6) is 11.5 Å².